The fourth-order valence-corrected chi connectivity index (χ4v) is 2.26. The van der Waals surface area contributed by atoms with Crippen molar-refractivity contribution in [2.45, 2.75) is 32.4 Å². The lowest BCUT2D eigenvalue weighted by Gasteiger charge is -2.17. The third kappa shape index (κ3) is 3.05. The fraction of sp³-hybridized carbons (Fsp3) is 0.400. The average Bonchev–Trinajstić information content (AvgIpc) is 2.87. The van der Waals surface area contributed by atoms with Crippen LogP contribution in [0.4, 0.5) is 8.78 Å². The SMILES string of the molecule is COc1cnn(C(C)C)c1C(O)Cc1c(F)cccc1F. The van der Waals surface area contributed by atoms with Crippen molar-refractivity contribution in [2.24, 2.45) is 0 Å². The molecule has 1 atom stereocenters. The molecule has 2 aromatic rings. The minimum atomic E-state index is -1.11. The van der Waals surface area contributed by atoms with Crippen molar-refractivity contribution < 1.29 is 18.6 Å². The second-order valence-corrected chi connectivity index (χ2v) is 5.06. The van der Waals surface area contributed by atoms with Gasteiger partial charge in [0.15, 0.2) is 5.75 Å². The Morgan fingerprint density at radius 1 is 1.29 bits per heavy atom. The van der Waals surface area contributed by atoms with Gasteiger partial charge in [-0.15, -0.1) is 0 Å². The van der Waals surface area contributed by atoms with Gasteiger partial charge in [0.1, 0.15) is 23.4 Å². The summed E-state index contributed by atoms with van der Waals surface area (Å²) in [5.74, 6) is -0.958. The Morgan fingerprint density at radius 2 is 1.90 bits per heavy atom. The van der Waals surface area contributed by atoms with Gasteiger partial charge in [0.2, 0.25) is 0 Å². The number of aliphatic hydroxyl groups is 1. The van der Waals surface area contributed by atoms with Crippen LogP contribution < -0.4 is 4.74 Å². The molecular weight excluding hydrogens is 278 g/mol. The number of aromatic nitrogens is 2. The Bertz CT molecular complexity index is 606. The fourth-order valence-electron chi connectivity index (χ4n) is 2.26. The van der Waals surface area contributed by atoms with E-state index in [1.54, 1.807) is 4.68 Å². The lowest BCUT2D eigenvalue weighted by molar-refractivity contribution is 0.158. The highest BCUT2D eigenvalue weighted by Crippen LogP contribution is 2.30. The third-order valence-corrected chi connectivity index (χ3v) is 3.28. The van der Waals surface area contributed by atoms with Gasteiger partial charge in [-0.3, -0.25) is 4.68 Å². The normalized spacial score (nSPS) is 12.7. The highest BCUT2D eigenvalue weighted by molar-refractivity contribution is 5.30. The molecule has 21 heavy (non-hydrogen) atoms. The van der Waals surface area contributed by atoms with Crippen molar-refractivity contribution in [3.8, 4) is 5.75 Å². The summed E-state index contributed by atoms with van der Waals surface area (Å²) in [4.78, 5) is 0. The van der Waals surface area contributed by atoms with Crippen LogP contribution in [0.15, 0.2) is 24.4 Å². The molecule has 0 saturated heterocycles. The van der Waals surface area contributed by atoms with Gasteiger partial charge in [0, 0.05) is 18.0 Å². The first kappa shape index (κ1) is 15.4. The first-order chi connectivity index (χ1) is 9.95. The molecule has 1 unspecified atom stereocenters. The van der Waals surface area contributed by atoms with Gasteiger partial charge in [-0.25, -0.2) is 8.78 Å². The van der Waals surface area contributed by atoms with Gasteiger partial charge < -0.3 is 9.84 Å². The van der Waals surface area contributed by atoms with Crippen molar-refractivity contribution in [3.63, 3.8) is 0 Å². The largest absolute Gasteiger partial charge is 0.493 e. The summed E-state index contributed by atoms with van der Waals surface area (Å²) in [6, 6.07) is 3.62. The van der Waals surface area contributed by atoms with Crippen LogP contribution in [0.5, 0.6) is 5.75 Å². The predicted octanol–water partition coefficient (Wildman–Crippen LogP) is 3.03. The molecule has 0 aliphatic heterocycles. The van der Waals surface area contributed by atoms with Crippen LogP contribution in [-0.4, -0.2) is 22.0 Å². The smallest absolute Gasteiger partial charge is 0.162 e. The second-order valence-electron chi connectivity index (χ2n) is 5.06. The van der Waals surface area contributed by atoms with E-state index in [0.29, 0.717) is 11.4 Å². The zero-order valence-corrected chi connectivity index (χ0v) is 12.2. The highest BCUT2D eigenvalue weighted by atomic mass is 19.1. The number of nitrogens with zero attached hydrogens (tertiary/aromatic N) is 2. The van der Waals surface area contributed by atoms with E-state index in [1.807, 2.05) is 13.8 Å². The van der Waals surface area contributed by atoms with E-state index in [1.165, 1.54) is 31.5 Å². The Kier molecular flexibility index (Phi) is 4.57. The molecule has 0 bridgehead atoms. The van der Waals surface area contributed by atoms with Crippen LogP contribution in [0.3, 0.4) is 0 Å². The molecule has 1 heterocycles. The van der Waals surface area contributed by atoms with E-state index in [4.69, 9.17) is 4.74 Å². The molecule has 0 spiro atoms. The minimum Gasteiger partial charge on any atom is -0.493 e. The van der Waals surface area contributed by atoms with Crippen molar-refractivity contribution in [1.82, 2.24) is 9.78 Å². The molecule has 1 N–H and O–H groups in total. The lowest BCUT2D eigenvalue weighted by Crippen LogP contribution is -2.15. The summed E-state index contributed by atoms with van der Waals surface area (Å²) in [5.41, 5.74) is 0.263. The molecule has 0 fully saturated rings. The molecule has 114 valence electrons. The van der Waals surface area contributed by atoms with Crippen molar-refractivity contribution in [1.29, 1.82) is 0 Å². The second kappa shape index (κ2) is 6.22. The summed E-state index contributed by atoms with van der Waals surface area (Å²) in [6.07, 6.45) is 0.181. The maximum Gasteiger partial charge on any atom is 0.162 e. The Labute approximate surface area is 122 Å². The van der Waals surface area contributed by atoms with Gasteiger partial charge in [-0.1, -0.05) is 6.07 Å². The summed E-state index contributed by atoms with van der Waals surface area (Å²) in [6.45, 7) is 3.79. The number of hydrogen-bond acceptors (Lipinski definition) is 3. The maximum absolute atomic E-state index is 13.7. The van der Waals surface area contributed by atoms with Gasteiger partial charge >= 0.3 is 0 Å². The van der Waals surface area contributed by atoms with Gasteiger partial charge in [-0.2, -0.15) is 5.10 Å². The molecular formula is C15H18F2N2O2. The molecule has 1 aromatic carbocycles. The predicted molar refractivity (Wildman–Crippen MR) is 74.2 cm³/mol. The first-order valence-corrected chi connectivity index (χ1v) is 6.68. The Balaban J connectivity index is 2.36. The van der Waals surface area contributed by atoms with E-state index in [0.717, 1.165) is 0 Å². The molecule has 6 heteroatoms. The molecule has 0 aliphatic rings. The lowest BCUT2D eigenvalue weighted by atomic mass is 10.0. The summed E-state index contributed by atoms with van der Waals surface area (Å²) in [5, 5.41) is 14.5. The van der Waals surface area contributed by atoms with Crippen LogP contribution in [-0.2, 0) is 6.42 Å². The van der Waals surface area contributed by atoms with Crippen molar-refractivity contribution in [3.05, 3.63) is 47.3 Å². The van der Waals surface area contributed by atoms with Crippen LogP contribution in [0.25, 0.3) is 0 Å². The van der Waals surface area contributed by atoms with Crippen molar-refractivity contribution >= 4 is 0 Å². The molecule has 0 aliphatic carbocycles. The Hall–Kier alpha value is -1.95. The zero-order valence-electron chi connectivity index (χ0n) is 12.2. The van der Waals surface area contributed by atoms with Crippen LogP contribution in [0.1, 0.15) is 37.3 Å². The van der Waals surface area contributed by atoms with Crippen molar-refractivity contribution in [2.75, 3.05) is 7.11 Å². The zero-order chi connectivity index (χ0) is 15.6. The molecule has 1 aromatic heterocycles. The number of rotatable bonds is 5. The number of benzene rings is 1. The summed E-state index contributed by atoms with van der Waals surface area (Å²) < 4.78 is 34.1. The Morgan fingerprint density at radius 3 is 2.43 bits per heavy atom. The standard InChI is InChI=1S/C15H18F2N2O2/c1-9(2)19-15(14(21-3)8-18-19)13(20)7-10-11(16)5-4-6-12(10)17/h4-6,8-9,13,20H,7H2,1-3H3. The topological polar surface area (TPSA) is 47.3 Å². The van der Waals surface area contributed by atoms with Gasteiger partial charge in [0.05, 0.1) is 13.3 Å². The van der Waals surface area contributed by atoms with E-state index in [2.05, 4.69) is 5.10 Å². The number of halogens is 2. The average molecular weight is 296 g/mol. The van der Waals surface area contributed by atoms with E-state index < -0.39 is 17.7 Å². The number of methoxy groups -OCH3 is 1. The molecule has 0 amide bonds. The minimum absolute atomic E-state index is 0.0102. The van der Waals surface area contributed by atoms with Gasteiger partial charge in [0.25, 0.3) is 0 Å². The summed E-state index contributed by atoms with van der Waals surface area (Å²) in [7, 11) is 1.46. The number of aliphatic hydroxyl groups excluding tert-OH is 1. The third-order valence-electron chi connectivity index (χ3n) is 3.28. The van der Waals surface area contributed by atoms with Crippen LogP contribution in [0, 0.1) is 11.6 Å². The quantitative estimate of drug-likeness (QED) is 0.922. The van der Waals surface area contributed by atoms with Gasteiger partial charge in [-0.05, 0) is 26.0 Å². The van der Waals surface area contributed by atoms with Crippen LogP contribution >= 0.6 is 0 Å². The highest BCUT2D eigenvalue weighted by Gasteiger charge is 2.24. The first-order valence-electron chi connectivity index (χ1n) is 6.68. The molecule has 4 nitrogen and oxygen atoms in total. The number of hydrogen-bond donors (Lipinski definition) is 1. The molecule has 2 rings (SSSR count). The van der Waals surface area contributed by atoms with E-state index in [-0.39, 0.29) is 18.0 Å². The van der Waals surface area contributed by atoms with E-state index >= 15 is 0 Å². The number of ether oxygens (including phenoxy) is 1. The van der Waals surface area contributed by atoms with Crippen LogP contribution in [0.2, 0.25) is 0 Å². The van der Waals surface area contributed by atoms with E-state index in [9.17, 15) is 13.9 Å². The monoisotopic (exact) mass is 296 g/mol. The molecule has 0 saturated carbocycles. The molecule has 0 radical (unpaired) electrons. The maximum atomic E-state index is 13.7. The summed E-state index contributed by atoms with van der Waals surface area (Å²) >= 11 is 0.